The third-order valence-corrected chi connectivity index (χ3v) is 6.05. The van der Waals surface area contributed by atoms with Crippen molar-refractivity contribution in [1.82, 2.24) is 10.1 Å². The van der Waals surface area contributed by atoms with Crippen molar-refractivity contribution in [2.75, 3.05) is 11.2 Å². The zero-order chi connectivity index (χ0) is 23.7. The van der Waals surface area contributed by atoms with Crippen LogP contribution in [0.4, 0.5) is 5.69 Å². The summed E-state index contributed by atoms with van der Waals surface area (Å²) in [6, 6.07) is 12.7. The number of aromatic amines is 1. The summed E-state index contributed by atoms with van der Waals surface area (Å²) in [6.45, 7) is 5.42. The predicted molar refractivity (Wildman–Crippen MR) is 125 cm³/mol. The Hall–Kier alpha value is -3.46. The highest BCUT2D eigenvalue weighted by atomic mass is 32.2. The van der Waals surface area contributed by atoms with Crippen LogP contribution in [-0.2, 0) is 9.59 Å². The van der Waals surface area contributed by atoms with Crippen molar-refractivity contribution in [2.24, 2.45) is 0 Å². The van der Waals surface area contributed by atoms with E-state index in [4.69, 9.17) is 4.74 Å². The normalized spacial score (nSPS) is 14.4. The highest BCUT2D eigenvalue weighted by Gasteiger charge is 2.46. The van der Waals surface area contributed by atoms with E-state index >= 15 is 0 Å². The van der Waals surface area contributed by atoms with Crippen molar-refractivity contribution in [3.8, 4) is 17.0 Å². The molecule has 1 atom stereocenters. The summed E-state index contributed by atoms with van der Waals surface area (Å²) >= 11 is 1.30. The third-order valence-electron chi connectivity index (χ3n) is 5.48. The molecule has 1 N–H and O–H groups in total. The number of amides is 1. The fraction of sp³-hybridized carbons (Fsp3) is 0.292. The minimum absolute atomic E-state index is 0.146. The lowest BCUT2D eigenvalue weighted by Gasteiger charge is -2.32. The molecule has 0 radical (unpaired) electrons. The van der Waals surface area contributed by atoms with Crippen LogP contribution in [0.5, 0.6) is 5.75 Å². The van der Waals surface area contributed by atoms with E-state index in [2.05, 4.69) is 10.1 Å². The fourth-order valence-electron chi connectivity index (χ4n) is 3.94. The lowest BCUT2D eigenvalue weighted by atomic mass is 9.99. The van der Waals surface area contributed by atoms with Gasteiger partial charge in [0.1, 0.15) is 5.75 Å². The third kappa shape index (κ3) is 4.04. The molecule has 4 rings (SSSR count). The van der Waals surface area contributed by atoms with Gasteiger partial charge in [0.15, 0.2) is 0 Å². The number of benzene rings is 2. The number of esters is 1. The molecule has 3 aromatic rings. The van der Waals surface area contributed by atoms with Gasteiger partial charge in [0.2, 0.25) is 11.1 Å². The number of nitrogens with zero attached hydrogens (tertiary/aromatic N) is 3. The Balaban J connectivity index is 2.09. The molecule has 9 heteroatoms. The van der Waals surface area contributed by atoms with Crippen LogP contribution >= 0.6 is 11.8 Å². The number of thioether (sulfide) groups is 1. The number of anilines is 1. The lowest BCUT2D eigenvalue weighted by molar-refractivity contribution is -0.763. The number of nitrogens with one attached hydrogen (secondary N) is 1. The molecule has 0 fully saturated rings. The molecule has 1 aliphatic heterocycles. The van der Waals surface area contributed by atoms with Crippen molar-refractivity contribution >= 4 is 29.3 Å². The maximum Gasteiger partial charge on any atom is 0.325 e. The maximum absolute atomic E-state index is 13.3. The van der Waals surface area contributed by atoms with E-state index in [0.29, 0.717) is 33.4 Å². The van der Waals surface area contributed by atoms with Crippen LogP contribution in [0.3, 0.4) is 0 Å². The van der Waals surface area contributed by atoms with Gasteiger partial charge in [-0.05, 0) is 42.1 Å². The van der Waals surface area contributed by atoms with E-state index in [1.54, 1.807) is 35.6 Å². The highest BCUT2D eigenvalue weighted by Crippen LogP contribution is 2.40. The van der Waals surface area contributed by atoms with Crippen LogP contribution in [0.1, 0.15) is 44.0 Å². The zero-order valence-corrected chi connectivity index (χ0v) is 19.7. The van der Waals surface area contributed by atoms with Gasteiger partial charge in [-0.1, -0.05) is 49.4 Å². The topological polar surface area (TPSA) is 96.2 Å². The van der Waals surface area contributed by atoms with Gasteiger partial charge in [0.25, 0.3) is 6.17 Å². The van der Waals surface area contributed by atoms with Crippen LogP contribution in [0.15, 0.2) is 52.4 Å². The Bertz CT molecular complexity index is 1300. The molecule has 0 aliphatic carbocycles. The molecule has 2 aromatic carbocycles. The Morgan fingerprint density at radius 2 is 1.94 bits per heavy atom. The number of carbonyl (C=O) groups is 2. The van der Waals surface area contributed by atoms with Gasteiger partial charge in [0, 0.05) is 17.9 Å². The number of ether oxygens (including phenoxy) is 1. The average molecular weight is 466 g/mol. The second-order valence-corrected chi connectivity index (χ2v) is 8.43. The van der Waals surface area contributed by atoms with Crippen LogP contribution in [0.25, 0.3) is 11.3 Å². The van der Waals surface area contributed by atoms with Crippen LogP contribution in [0, 0.1) is 6.92 Å². The predicted octanol–water partition coefficient (Wildman–Crippen LogP) is 3.37. The van der Waals surface area contributed by atoms with Gasteiger partial charge in [-0.15, -0.1) is 0 Å². The molecule has 1 amide bonds. The van der Waals surface area contributed by atoms with Crippen molar-refractivity contribution in [1.29, 1.82) is 0 Å². The second kappa shape index (κ2) is 9.19. The number of rotatable bonds is 5. The molecule has 0 spiro atoms. The molecular formula is C24H25N4O4S+. The molecule has 170 valence electrons. The number of H-pyrrole nitrogens is 1. The zero-order valence-electron chi connectivity index (χ0n) is 18.9. The number of hydrogen-bond acceptors (Lipinski definition) is 6. The minimum Gasteiger partial charge on any atom is -0.426 e. The van der Waals surface area contributed by atoms with Crippen LogP contribution in [0.2, 0.25) is 0 Å². The van der Waals surface area contributed by atoms with Crippen molar-refractivity contribution in [3.05, 3.63) is 63.9 Å². The SMILES string of the molecule is CCC(=O)Oc1ccc(C)cc1[C@H]1N(C(=O)CC)c2ccccc2-c2c(=O)[nH]c(SC)n[n+]21. The van der Waals surface area contributed by atoms with Gasteiger partial charge >= 0.3 is 17.2 Å². The minimum atomic E-state index is -0.810. The first-order valence-corrected chi connectivity index (χ1v) is 11.9. The maximum atomic E-state index is 13.3. The standard InChI is InChI=1S/C24H24N4O4S/c1-5-19(29)27-17-10-8-7-9-15(17)21-22(31)25-24(33-4)26-28(21)23(27)16-13-14(3)11-12-18(16)32-20(30)6-2/h7-13,23H,5-6H2,1-4H3/p+1/t23-/m0/s1. The Morgan fingerprint density at radius 3 is 2.64 bits per heavy atom. The summed E-state index contributed by atoms with van der Waals surface area (Å²) in [5.41, 5.74) is 2.73. The molecule has 8 nitrogen and oxygen atoms in total. The molecular weight excluding hydrogens is 440 g/mol. The van der Waals surface area contributed by atoms with Gasteiger partial charge in [-0.25, -0.2) is 4.90 Å². The van der Waals surface area contributed by atoms with E-state index in [1.807, 2.05) is 43.5 Å². The first-order chi connectivity index (χ1) is 15.9. The lowest BCUT2D eigenvalue weighted by Crippen LogP contribution is -2.61. The molecule has 0 bridgehead atoms. The number of hydrogen-bond donors (Lipinski definition) is 1. The van der Waals surface area contributed by atoms with Crippen molar-refractivity contribution in [3.63, 3.8) is 0 Å². The number of aromatic nitrogens is 3. The molecule has 1 aliphatic rings. The molecule has 33 heavy (non-hydrogen) atoms. The van der Waals surface area contributed by atoms with Gasteiger partial charge in [-0.3, -0.25) is 19.4 Å². The largest absolute Gasteiger partial charge is 0.426 e. The number of fused-ring (bicyclic) bond motifs is 3. The summed E-state index contributed by atoms with van der Waals surface area (Å²) in [5.74, 6) is -0.205. The number of carbonyl (C=O) groups excluding carboxylic acids is 2. The summed E-state index contributed by atoms with van der Waals surface area (Å²) < 4.78 is 7.21. The summed E-state index contributed by atoms with van der Waals surface area (Å²) in [7, 11) is 0. The van der Waals surface area contributed by atoms with E-state index < -0.39 is 12.1 Å². The van der Waals surface area contributed by atoms with Crippen LogP contribution in [-0.4, -0.2) is 28.2 Å². The first-order valence-electron chi connectivity index (χ1n) is 10.7. The summed E-state index contributed by atoms with van der Waals surface area (Å²) in [4.78, 5) is 43.1. The Kier molecular flexibility index (Phi) is 6.33. The molecule has 0 unspecified atom stereocenters. The highest BCUT2D eigenvalue weighted by molar-refractivity contribution is 7.98. The van der Waals surface area contributed by atoms with Gasteiger partial charge in [-0.2, -0.15) is 0 Å². The second-order valence-electron chi connectivity index (χ2n) is 7.63. The fourth-order valence-corrected chi connectivity index (χ4v) is 4.31. The molecule has 0 saturated heterocycles. The van der Waals surface area contributed by atoms with E-state index in [9.17, 15) is 14.4 Å². The first kappa shape index (κ1) is 22.7. The van der Waals surface area contributed by atoms with Gasteiger partial charge < -0.3 is 4.74 Å². The average Bonchev–Trinajstić information content (AvgIpc) is 2.83. The van der Waals surface area contributed by atoms with Crippen molar-refractivity contribution in [2.45, 2.75) is 44.9 Å². The monoisotopic (exact) mass is 465 g/mol. The molecule has 1 aromatic heterocycles. The summed E-state index contributed by atoms with van der Waals surface area (Å²) in [5, 5.41) is 5.09. The van der Waals surface area contributed by atoms with Crippen LogP contribution < -0.4 is 19.9 Å². The number of aryl methyl sites for hydroxylation is 1. The smallest absolute Gasteiger partial charge is 0.325 e. The number of para-hydroxylation sites is 1. The molecule has 2 heterocycles. The van der Waals surface area contributed by atoms with E-state index in [1.165, 1.54) is 11.8 Å². The van der Waals surface area contributed by atoms with E-state index in [-0.39, 0.29) is 24.3 Å². The quantitative estimate of drug-likeness (QED) is 0.269. The Morgan fingerprint density at radius 1 is 1.18 bits per heavy atom. The summed E-state index contributed by atoms with van der Waals surface area (Å²) in [6.07, 6.45) is 1.45. The Labute approximate surface area is 195 Å². The molecule has 0 saturated carbocycles. The van der Waals surface area contributed by atoms with Crippen molar-refractivity contribution < 1.29 is 19.0 Å². The van der Waals surface area contributed by atoms with E-state index in [0.717, 1.165) is 5.56 Å². The van der Waals surface area contributed by atoms with Gasteiger partial charge in [0.05, 0.1) is 16.8 Å².